The number of hydrogen-bond donors (Lipinski definition) is 1. The Morgan fingerprint density at radius 2 is 2.08 bits per heavy atom. The number of carbonyl (C=O) groups excluding carboxylic acids is 1. The van der Waals surface area contributed by atoms with E-state index in [4.69, 9.17) is 11.6 Å². The number of rotatable bonds is 6. The minimum atomic E-state index is -0.623. The van der Waals surface area contributed by atoms with E-state index in [-0.39, 0.29) is 16.3 Å². The average Bonchev–Trinajstić information content (AvgIpc) is 3.11. The van der Waals surface area contributed by atoms with Gasteiger partial charge in [-0.15, -0.1) is 0 Å². The van der Waals surface area contributed by atoms with Gasteiger partial charge in [-0.05, 0) is 30.3 Å². The lowest BCUT2D eigenvalue weighted by atomic mass is 10.2. The number of benzene rings is 1. The van der Waals surface area contributed by atoms with Crippen molar-refractivity contribution >= 4 is 23.2 Å². The summed E-state index contributed by atoms with van der Waals surface area (Å²) in [5.41, 5.74) is 1.39. The Morgan fingerprint density at radius 3 is 2.81 bits per heavy atom. The van der Waals surface area contributed by atoms with Gasteiger partial charge in [-0.2, -0.15) is 5.10 Å². The van der Waals surface area contributed by atoms with Crippen molar-refractivity contribution in [3.05, 3.63) is 75.6 Å². The SMILES string of the molecule is O=C(NCCn1ccc(-c2ccccn2)n1)c1ccc(Cl)c([N+](=O)[O-])c1. The first-order valence-electron chi connectivity index (χ1n) is 7.71. The van der Waals surface area contributed by atoms with Crippen molar-refractivity contribution < 1.29 is 9.72 Å². The average molecular weight is 372 g/mol. The summed E-state index contributed by atoms with van der Waals surface area (Å²) < 4.78 is 1.69. The predicted octanol–water partition coefficient (Wildman–Crippen LogP) is 2.94. The number of aromatic nitrogens is 3. The van der Waals surface area contributed by atoms with Crippen LogP contribution in [0.3, 0.4) is 0 Å². The summed E-state index contributed by atoms with van der Waals surface area (Å²) in [5.74, 6) is -0.415. The molecular weight excluding hydrogens is 358 g/mol. The maximum absolute atomic E-state index is 12.1. The third kappa shape index (κ3) is 4.04. The second kappa shape index (κ2) is 7.75. The van der Waals surface area contributed by atoms with E-state index in [0.717, 1.165) is 17.5 Å². The van der Waals surface area contributed by atoms with Crippen molar-refractivity contribution in [3.63, 3.8) is 0 Å². The van der Waals surface area contributed by atoms with Crippen molar-refractivity contribution in [1.29, 1.82) is 0 Å². The van der Waals surface area contributed by atoms with Crippen LogP contribution in [0.1, 0.15) is 10.4 Å². The van der Waals surface area contributed by atoms with Crippen molar-refractivity contribution in [3.8, 4) is 11.4 Å². The van der Waals surface area contributed by atoms with Gasteiger partial charge in [-0.3, -0.25) is 24.6 Å². The third-order valence-electron chi connectivity index (χ3n) is 3.60. The Kier molecular flexibility index (Phi) is 5.23. The van der Waals surface area contributed by atoms with E-state index in [1.165, 1.54) is 12.1 Å². The van der Waals surface area contributed by atoms with Crippen LogP contribution in [0, 0.1) is 10.1 Å². The quantitative estimate of drug-likeness (QED) is 0.530. The molecule has 132 valence electrons. The van der Waals surface area contributed by atoms with Crippen LogP contribution in [0.15, 0.2) is 54.9 Å². The topological polar surface area (TPSA) is 103 Å². The molecule has 0 spiro atoms. The first-order chi connectivity index (χ1) is 12.5. The lowest BCUT2D eigenvalue weighted by molar-refractivity contribution is -0.384. The molecule has 2 aromatic heterocycles. The van der Waals surface area contributed by atoms with Gasteiger partial charge in [0.1, 0.15) is 10.7 Å². The van der Waals surface area contributed by atoms with Crippen LogP contribution in [0.2, 0.25) is 5.02 Å². The molecule has 0 aliphatic heterocycles. The van der Waals surface area contributed by atoms with Gasteiger partial charge >= 0.3 is 0 Å². The molecule has 3 rings (SSSR count). The molecule has 1 N–H and O–H groups in total. The lowest BCUT2D eigenvalue weighted by Gasteiger charge is -2.06. The molecular formula is C17H14ClN5O3. The normalized spacial score (nSPS) is 10.5. The van der Waals surface area contributed by atoms with Gasteiger partial charge in [0, 0.05) is 30.6 Å². The van der Waals surface area contributed by atoms with Gasteiger partial charge < -0.3 is 5.32 Å². The Bertz CT molecular complexity index is 943. The summed E-state index contributed by atoms with van der Waals surface area (Å²) in [6, 6.07) is 11.3. The molecule has 0 radical (unpaired) electrons. The second-order valence-corrected chi connectivity index (χ2v) is 5.77. The fraction of sp³-hybridized carbons (Fsp3) is 0.118. The van der Waals surface area contributed by atoms with Gasteiger partial charge in [-0.25, -0.2) is 0 Å². The minimum absolute atomic E-state index is 0.00913. The summed E-state index contributed by atoms with van der Waals surface area (Å²) in [4.78, 5) is 26.6. The van der Waals surface area contributed by atoms with Crippen LogP contribution in [-0.2, 0) is 6.54 Å². The smallest absolute Gasteiger partial charge is 0.288 e. The predicted molar refractivity (Wildman–Crippen MR) is 95.9 cm³/mol. The van der Waals surface area contributed by atoms with Gasteiger partial charge in [0.05, 0.1) is 17.2 Å². The molecule has 0 saturated carbocycles. The van der Waals surface area contributed by atoms with Gasteiger partial charge in [0.2, 0.25) is 0 Å². The molecule has 1 aromatic carbocycles. The highest BCUT2D eigenvalue weighted by Gasteiger charge is 2.16. The second-order valence-electron chi connectivity index (χ2n) is 5.36. The lowest BCUT2D eigenvalue weighted by Crippen LogP contribution is -2.27. The maximum Gasteiger partial charge on any atom is 0.288 e. The molecule has 2 heterocycles. The molecule has 26 heavy (non-hydrogen) atoms. The zero-order valence-electron chi connectivity index (χ0n) is 13.5. The number of halogens is 1. The summed E-state index contributed by atoms with van der Waals surface area (Å²) in [6.07, 6.45) is 3.49. The monoisotopic (exact) mass is 371 g/mol. The highest BCUT2D eigenvalue weighted by atomic mass is 35.5. The minimum Gasteiger partial charge on any atom is -0.350 e. The maximum atomic E-state index is 12.1. The number of hydrogen-bond acceptors (Lipinski definition) is 5. The van der Waals surface area contributed by atoms with E-state index >= 15 is 0 Å². The van der Waals surface area contributed by atoms with Crippen LogP contribution < -0.4 is 5.32 Å². The van der Waals surface area contributed by atoms with Gasteiger partial charge in [0.15, 0.2) is 0 Å². The number of nitrogens with zero attached hydrogens (tertiary/aromatic N) is 4. The summed E-state index contributed by atoms with van der Waals surface area (Å²) in [6.45, 7) is 0.771. The largest absolute Gasteiger partial charge is 0.350 e. The number of nitro groups is 1. The zero-order chi connectivity index (χ0) is 18.5. The summed E-state index contributed by atoms with van der Waals surface area (Å²) in [5, 5.41) is 18.0. The van der Waals surface area contributed by atoms with Crippen molar-refractivity contribution in [1.82, 2.24) is 20.1 Å². The first-order valence-corrected chi connectivity index (χ1v) is 8.09. The zero-order valence-corrected chi connectivity index (χ0v) is 14.3. The van der Waals surface area contributed by atoms with E-state index in [1.807, 2.05) is 24.3 Å². The number of nitrogens with one attached hydrogen (secondary N) is 1. The van der Waals surface area contributed by atoms with E-state index in [9.17, 15) is 14.9 Å². The van der Waals surface area contributed by atoms with Crippen molar-refractivity contribution in [2.75, 3.05) is 6.54 Å². The first kappa shape index (κ1) is 17.6. The summed E-state index contributed by atoms with van der Waals surface area (Å²) in [7, 11) is 0. The Balaban J connectivity index is 1.58. The van der Waals surface area contributed by atoms with Crippen LogP contribution in [0.4, 0.5) is 5.69 Å². The van der Waals surface area contributed by atoms with E-state index < -0.39 is 10.8 Å². The molecule has 3 aromatic rings. The molecule has 0 aliphatic rings. The van der Waals surface area contributed by atoms with Crippen molar-refractivity contribution in [2.45, 2.75) is 6.54 Å². The van der Waals surface area contributed by atoms with Gasteiger partial charge in [0.25, 0.3) is 11.6 Å². The number of carbonyl (C=O) groups is 1. The van der Waals surface area contributed by atoms with Crippen LogP contribution >= 0.6 is 11.6 Å². The molecule has 0 fully saturated rings. The molecule has 1 amide bonds. The Morgan fingerprint density at radius 1 is 1.23 bits per heavy atom. The fourth-order valence-corrected chi connectivity index (χ4v) is 2.50. The highest BCUT2D eigenvalue weighted by Crippen LogP contribution is 2.24. The molecule has 0 aliphatic carbocycles. The molecule has 0 bridgehead atoms. The Hall–Kier alpha value is -3.26. The fourth-order valence-electron chi connectivity index (χ4n) is 2.32. The van der Waals surface area contributed by atoms with E-state index in [0.29, 0.717) is 13.1 Å². The number of nitro benzene ring substituents is 1. The van der Waals surface area contributed by atoms with E-state index in [2.05, 4.69) is 15.4 Å². The molecule has 0 saturated heterocycles. The van der Waals surface area contributed by atoms with Crippen LogP contribution in [0.5, 0.6) is 0 Å². The van der Waals surface area contributed by atoms with Crippen LogP contribution in [0.25, 0.3) is 11.4 Å². The molecule has 9 heteroatoms. The molecule has 0 unspecified atom stereocenters. The molecule has 8 nitrogen and oxygen atoms in total. The number of pyridine rings is 1. The number of amides is 1. The van der Waals surface area contributed by atoms with Gasteiger partial charge in [-0.1, -0.05) is 17.7 Å². The molecule has 0 atom stereocenters. The van der Waals surface area contributed by atoms with Crippen LogP contribution in [-0.4, -0.2) is 32.1 Å². The third-order valence-corrected chi connectivity index (χ3v) is 3.92. The Labute approximate surface area is 153 Å². The van der Waals surface area contributed by atoms with Crippen molar-refractivity contribution in [2.24, 2.45) is 0 Å². The summed E-state index contributed by atoms with van der Waals surface area (Å²) >= 11 is 5.74. The standard InChI is InChI=1S/C17H14ClN5O3/c18-13-5-4-12(11-16(13)23(25)26)17(24)20-8-10-22-9-6-15(21-22)14-3-1-2-7-19-14/h1-7,9,11H,8,10H2,(H,20,24). The highest BCUT2D eigenvalue weighted by molar-refractivity contribution is 6.32. The van der Waals surface area contributed by atoms with E-state index in [1.54, 1.807) is 17.1 Å².